The van der Waals surface area contributed by atoms with Crippen LogP contribution in [0.15, 0.2) is 23.6 Å². The van der Waals surface area contributed by atoms with Crippen molar-refractivity contribution in [2.75, 3.05) is 0 Å². The van der Waals surface area contributed by atoms with Gasteiger partial charge in [-0.15, -0.1) is 0 Å². The number of rotatable bonds is 0. The largest absolute Gasteiger partial charge is 0.389 e. The van der Waals surface area contributed by atoms with Crippen molar-refractivity contribution in [3.8, 4) is 0 Å². The van der Waals surface area contributed by atoms with Crippen molar-refractivity contribution in [3.63, 3.8) is 0 Å². The number of hydrogen-bond acceptors (Lipinski definition) is 1. The second-order valence-corrected chi connectivity index (χ2v) is 4.25. The van der Waals surface area contributed by atoms with E-state index in [1.807, 2.05) is 12.2 Å². The van der Waals surface area contributed by atoms with Crippen LogP contribution in [0.5, 0.6) is 0 Å². The first-order valence-electron chi connectivity index (χ1n) is 4.88. The highest BCUT2D eigenvalue weighted by atomic mass is 19.1. The first-order valence-corrected chi connectivity index (χ1v) is 4.88. The van der Waals surface area contributed by atoms with Crippen molar-refractivity contribution < 1.29 is 9.50 Å². The molecule has 2 aliphatic rings. The molecule has 2 atom stereocenters. The minimum atomic E-state index is -0.734. The summed E-state index contributed by atoms with van der Waals surface area (Å²) in [7, 11) is 0. The zero-order chi connectivity index (χ0) is 9.47. The Morgan fingerprint density at radius 1 is 1.62 bits per heavy atom. The molecule has 0 aliphatic heterocycles. The number of fused-ring (bicyclic) bond motifs is 1. The van der Waals surface area contributed by atoms with Crippen LogP contribution in [0, 0.1) is 5.92 Å². The Hall–Kier alpha value is -0.630. The zero-order valence-corrected chi connectivity index (χ0v) is 7.89. The third-order valence-corrected chi connectivity index (χ3v) is 3.15. The van der Waals surface area contributed by atoms with E-state index < -0.39 is 5.60 Å². The average Bonchev–Trinajstić information content (AvgIpc) is 2.06. The SMILES string of the molecule is C[C@]1(O)CCCC2=C(F)CC=C[C@@H]21. The van der Waals surface area contributed by atoms with Crippen LogP contribution >= 0.6 is 0 Å². The minimum absolute atomic E-state index is 0.0209. The summed E-state index contributed by atoms with van der Waals surface area (Å²) in [6, 6.07) is 0. The van der Waals surface area contributed by atoms with Gasteiger partial charge >= 0.3 is 0 Å². The van der Waals surface area contributed by atoms with E-state index in [0.29, 0.717) is 6.42 Å². The summed E-state index contributed by atoms with van der Waals surface area (Å²) >= 11 is 0. The summed E-state index contributed by atoms with van der Waals surface area (Å²) < 4.78 is 13.4. The van der Waals surface area contributed by atoms with E-state index in [1.54, 1.807) is 6.92 Å². The third-order valence-electron chi connectivity index (χ3n) is 3.15. The molecule has 1 fully saturated rings. The van der Waals surface area contributed by atoms with Gasteiger partial charge in [-0.25, -0.2) is 4.39 Å². The summed E-state index contributed by atoms with van der Waals surface area (Å²) in [5, 5.41) is 10.0. The average molecular weight is 182 g/mol. The van der Waals surface area contributed by atoms with Gasteiger partial charge in [0.1, 0.15) is 5.83 Å². The molecule has 1 nitrogen and oxygen atoms in total. The van der Waals surface area contributed by atoms with Crippen LogP contribution in [0.2, 0.25) is 0 Å². The van der Waals surface area contributed by atoms with Crippen molar-refractivity contribution in [2.24, 2.45) is 5.92 Å². The predicted molar refractivity (Wildman–Crippen MR) is 49.9 cm³/mol. The van der Waals surface area contributed by atoms with E-state index in [0.717, 1.165) is 24.8 Å². The third kappa shape index (κ3) is 1.44. The van der Waals surface area contributed by atoms with Gasteiger partial charge in [-0.05, 0) is 31.8 Å². The molecule has 0 radical (unpaired) electrons. The Bertz CT molecular complexity index is 276. The molecule has 0 bridgehead atoms. The van der Waals surface area contributed by atoms with Gasteiger partial charge in [0, 0.05) is 12.3 Å². The quantitative estimate of drug-likeness (QED) is 0.571. The monoisotopic (exact) mass is 182 g/mol. The van der Waals surface area contributed by atoms with E-state index in [1.165, 1.54) is 0 Å². The molecular weight excluding hydrogens is 167 g/mol. The Kier molecular flexibility index (Phi) is 2.03. The molecule has 72 valence electrons. The molecule has 1 saturated carbocycles. The van der Waals surface area contributed by atoms with Crippen LogP contribution < -0.4 is 0 Å². The lowest BCUT2D eigenvalue weighted by Gasteiger charge is -2.39. The van der Waals surface area contributed by atoms with Crippen molar-refractivity contribution in [3.05, 3.63) is 23.6 Å². The van der Waals surface area contributed by atoms with E-state index in [2.05, 4.69) is 0 Å². The minimum Gasteiger partial charge on any atom is -0.389 e. The van der Waals surface area contributed by atoms with Crippen molar-refractivity contribution in [1.82, 2.24) is 0 Å². The lowest BCUT2D eigenvalue weighted by atomic mass is 9.71. The zero-order valence-electron chi connectivity index (χ0n) is 7.89. The molecular formula is C11H15FO. The van der Waals surface area contributed by atoms with E-state index >= 15 is 0 Å². The van der Waals surface area contributed by atoms with Crippen molar-refractivity contribution in [2.45, 2.75) is 38.2 Å². The molecule has 0 unspecified atom stereocenters. The van der Waals surface area contributed by atoms with Crippen LogP contribution in [0.1, 0.15) is 32.6 Å². The highest BCUT2D eigenvalue weighted by Crippen LogP contribution is 2.42. The van der Waals surface area contributed by atoms with Crippen molar-refractivity contribution >= 4 is 0 Å². The molecule has 0 amide bonds. The number of allylic oxidation sites excluding steroid dienone is 2. The Morgan fingerprint density at radius 2 is 2.38 bits per heavy atom. The first-order chi connectivity index (χ1) is 6.11. The highest BCUT2D eigenvalue weighted by molar-refractivity contribution is 5.29. The van der Waals surface area contributed by atoms with Gasteiger partial charge in [-0.1, -0.05) is 12.2 Å². The highest BCUT2D eigenvalue weighted by Gasteiger charge is 2.38. The summed E-state index contributed by atoms with van der Waals surface area (Å²) in [6.45, 7) is 1.81. The van der Waals surface area contributed by atoms with Crippen LogP contribution in [0.25, 0.3) is 0 Å². The fourth-order valence-corrected chi connectivity index (χ4v) is 2.39. The molecule has 0 saturated heterocycles. The normalized spacial score (nSPS) is 39.2. The van der Waals surface area contributed by atoms with Crippen molar-refractivity contribution in [1.29, 1.82) is 0 Å². The number of aliphatic hydroxyl groups is 1. The van der Waals surface area contributed by atoms with Gasteiger partial charge < -0.3 is 5.11 Å². The maximum Gasteiger partial charge on any atom is 0.104 e. The van der Waals surface area contributed by atoms with Gasteiger partial charge in [0.05, 0.1) is 5.60 Å². The lowest BCUT2D eigenvalue weighted by molar-refractivity contribution is 0.00619. The molecule has 0 spiro atoms. The van der Waals surface area contributed by atoms with Crippen LogP contribution in [0.4, 0.5) is 4.39 Å². The fourth-order valence-electron chi connectivity index (χ4n) is 2.39. The second-order valence-electron chi connectivity index (χ2n) is 4.25. The molecule has 0 aromatic rings. The smallest absolute Gasteiger partial charge is 0.104 e. The van der Waals surface area contributed by atoms with Gasteiger partial charge in [-0.2, -0.15) is 0 Å². The molecule has 1 N–H and O–H groups in total. The summed E-state index contributed by atoms with van der Waals surface area (Å²) in [6.07, 6.45) is 6.69. The van der Waals surface area contributed by atoms with Crippen LogP contribution in [-0.2, 0) is 0 Å². The Labute approximate surface area is 78.0 Å². The molecule has 0 heterocycles. The summed E-state index contributed by atoms with van der Waals surface area (Å²) in [5.74, 6) is -0.0949. The molecule has 2 heteroatoms. The van der Waals surface area contributed by atoms with E-state index in [4.69, 9.17) is 0 Å². The standard InChI is InChI=1S/C11H15FO/c1-11(13)7-3-4-8-9(11)5-2-6-10(8)12/h2,5,9,13H,3-4,6-7H2,1H3/t9-,11-/m0/s1. The lowest BCUT2D eigenvalue weighted by Crippen LogP contribution is -2.38. The van der Waals surface area contributed by atoms with E-state index in [9.17, 15) is 9.50 Å². The number of halogens is 1. The van der Waals surface area contributed by atoms with Gasteiger partial charge in [-0.3, -0.25) is 0 Å². The summed E-state index contributed by atoms with van der Waals surface area (Å²) in [4.78, 5) is 0. The van der Waals surface area contributed by atoms with E-state index in [-0.39, 0.29) is 11.7 Å². The maximum atomic E-state index is 13.4. The summed E-state index contributed by atoms with van der Waals surface area (Å²) in [5.41, 5.74) is 0.0979. The van der Waals surface area contributed by atoms with Gasteiger partial charge in [0.2, 0.25) is 0 Å². The van der Waals surface area contributed by atoms with Crippen LogP contribution in [0.3, 0.4) is 0 Å². The molecule has 2 rings (SSSR count). The van der Waals surface area contributed by atoms with Gasteiger partial charge in [0.25, 0.3) is 0 Å². The molecule has 2 aliphatic carbocycles. The molecule has 13 heavy (non-hydrogen) atoms. The fraction of sp³-hybridized carbons (Fsp3) is 0.636. The topological polar surface area (TPSA) is 20.2 Å². The van der Waals surface area contributed by atoms with Crippen LogP contribution in [-0.4, -0.2) is 10.7 Å². The Morgan fingerprint density at radius 3 is 3.08 bits per heavy atom. The van der Waals surface area contributed by atoms with Gasteiger partial charge in [0.15, 0.2) is 0 Å². The predicted octanol–water partition coefficient (Wildman–Crippen LogP) is 2.72. The number of hydrogen-bond donors (Lipinski definition) is 1. The molecule has 0 aromatic heterocycles. The Balaban J connectivity index is 2.34. The molecule has 0 aromatic carbocycles. The first kappa shape index (κ1) is 8.95. The second kappa shape index (κ2) is 2.95. The maximum absolute atomic E-state index is 13.4.